The minimum absolute atomic E-state index is 0.0860. The molecule has 0 bridgehead atoms. The molecule has 0 aliphatic carbocycles. The van der Waals surface area contributed by atoms with E-state index in [9.17, 15) is 30.0 Å². The minimum Gasteiger partial charge on any atom is -0.480 e. The van der Waals surface area contributed by atoms with Gasteiger partial charge in [0, 0.05) is 12.6 Å². The molecule has 1 saturated heterocycles. The van der Waals surface area contributed by atoms with Crippen LogP contribution in [0, 0.1) is 0 Å². The third-order valence-electron chi connectivity index (χ3n) is 4.34. The zero-order valence-electron chi connectivity index (χ0n) is 13.9. The van der Waals surface area contributed by atoms with Gasteiger partial charge in [0.25, 0.3) is 0 Å². The second kappa shape index (κ2) is 8.39. The molecule has 4 N–H and O–H groups in total. The highest BCUT2D eigenvalue weighted by Gasteiger charge is 2.51. The topological polar surface area (TPSA) is 128 Å². The zero-order valence-corrected chi connectivity index (χ0v) is 13.9. The van der Waals surface area contributed by atoms with Crippen molar-refractivity contribution in [2.75, 3.05) is 6.61 Å². The molecule has 1 aromatic carbocycles. The number of carboxylic acids is 1. The summed E-state index contributed by atoms with van der Waals surface area (Å²) in [5, 5.41) is 40.0. The molecule has 2 rings (SSSR count). The standard InChI is InChI=1S/C17H23NO7/c1-2-25-12(19)8-11-14(20)16(22)15(21)13(17(23)24)18(11)9-10-6-4-3-5-7-10/h3-7,11,13-16,20-22H,2,8-9H2,1H3,(H,23,24)/t11-,13+,14-,15+,16+/m0/s1. The number of hydrogen-bond donors (Lipinski definition) is 4. The second-order valence-corrected chi connectivity index (χ2v) is 5.99. The van der Waals surface area contributed by atoms with Crippen LogP contribution in [0.2, 0.25) is 0 Å². The van der Waals surface area contributed by atoms with Gasteiger partial charge in [0.2, 0.25) is 0 Å². The predicted octanol–water partition coefficient (Wildman–Crippen LogP) is -0.640. The monoisotopic (exact) mass is 353 g/mol. The number of aliphatic hydroxyl groups is 3. The van der Waals surface area contributed by atoms with Crippen LogP contribution >= 0.6 is 0 Å². The lowest BCUT2D eigenvalue weighted by molar-refractivity contribution is -0.190. The van der Waals surface area contributed by atoms with Crippen molar-refractivity contribution >= 4 is 11.9 Å². The van der Waals surface area contributed by atoms with E-state index in [4.69, 9.17) is 4.74 Å². The van der Waals surface area contributed by atoms with E-state index in [0.29, 0.717) is 0 Å². The number of aliphatic carboxylic acids is 1. The Morgan fingerprint density at radius 3 is 2.28 bits per heavy atom. The van der Waals surface area contributed by atoms with Crippen molar-refractivity contribution in [3.05, 3.63) is 35.9 Å². The summed E-state index contributed by atoms with van der Waals surface area (Å²) in [5.74, 6) is -1.96. The molecule has 138 valence electrons. The van der Waals surface area contributed by atoms with Gasteiger partial charge in [-0.2, -0.15) is 0 Å². The molecule has 1 fully saturated rings. The van der Waals surface area contributed by atoms with Crippen molar-refractivity contribution in [1.82, 2.24) is 4.90 Å². The second-order valence-electron chi connectivity index (χ2n) is 5.99. The number of benzene rings is 1. The highest BCUT2D eigenvalue weighted by Crippen LogP contribution is 2.29. The molecule has 1 aromatic rings. The van der Waals surface area contributed by atoms with Crippen LogP contribution < -0.4 is 0 Å². The largest absolute Gasteiger partial charge is 0.480 e. The first-order valence-corrected chi connectivity index (χ1v) is 8.09. The van der Waals surface area contributed by atoms with Crippen LogP contribution in [0.3, 0.4) is 0 Å². The number of nitrogens with zero attached hydrogens (tertiary/aromatic N) is 1. The van der Waals surface area contributed by atoms with E-state index in [0.717, 1.165) is 5.56 Å². The Kier molecular flexibility index (Phi) is 6.49. The number of ether oxygens (including phenoxy) is 1. The van der Waals surface area contributed by atoms with Gasteiger partial charge >= 0.3 is 11.9 Å². The number of aliphatic hydroxyl groups excluding tert-OH is 3. The number of carbonyl (C=O) groups excluding carboxylic acids is 1. The molecule has 1 aliphatic heterocycles. The lowest BCUT2D eigenvalue weighted by Crippen LogP contribution is -2.68. The van der Waals surface area contributed by atoms with Crippen LogP contribution in [0.15, 0.2) is 30.3 Å². The van der Waals surface area contributed by atoms with Crippen molar-refractivity contribution < 1.29 is 34.8 Å². The highest BCUT2D eigenvalue weighted by atomic mass is 16.5. The molecule has 5 atom stereocenters. The summed E-state index contributed by atoms with van der Waals surface area (Å²) in [5.41, 5.74) is 0.749. The van der Waals surface area contributed by atoms with Crippen molar-refractivity contribution in [2.45, 2.75) is 50.3 Å². The van der Waals surface area contributed by atoms with Gasteiger partial charge < -0.3 is 25.2 Å². The van der Waals surface area contributed by atoms with Crippen LogP contribution in [0.5, 0.6) is 0 Å². The van der Waals surface area contributed by atoms with Crippen LogP contribution in [-0.2, 0) is 20.9 Å². The van der Waals surface area contributed by atoms with Crippen LogP contribution in [-0.4, -0.2) is 74.3 Å². The van der Waals surface area contributed by atoms with Gasteiger partial charge in [0.05, 0.1) is 19.1 Å². The molecule has 0 amide bonds. The maximum atomic E-state index is 11.9. The summed E-state index contributed by atoms with van der Waals surface area (Å²) in [7, 11) is 0. The third kappa shape index (κ3) is 4.35. The first kappa shape index (κ1) is 19.3. The Labute approximate surface area is 145 Å². The van der Waals surface area contributed by atoms with Crippen molar-refractivity contribution in [3.8, 4) is 0 Å². The summed E-state index contributed by atoms with van der Waals surface area (Å²) in [6, 6.07) is 6.43. The summed E-state index contributed by atoms with van der Waals surface area (Å²) >= 11 is 0. The van der Waals surface area contributed by atoms with Gasteiger partial charge in [-0.1, -0.05) is 30.3 Å². The molecule has 0 radical (unpaired) electrons. The third-order valence-corrected chi connectivity index (χ3v) is 4.34. The van der Waals surface area contributed by atoms with Gasteiger partial charge in [0.15, 0.2) is 0 Å². The fraction of sp³-hybridized carbons (Fsp3) is 0.529. The van der Waals surface area contributed by atoms with Crippen LogP contribution in [0.1, 0.15) is 18.9 Å². The smallest absolute Gasteiger partial charge is 0.323 e. The van der Waals surface area contributed by atoms with E-state index in [-0.39, 0.29) is 19.6 Å². The zero-order chi connectivity index (χ0) is 18.6. The summed E-state index contributed by atoms with van der Waals surface area (Å²) < 4.78 is 4.88. The summed E-state index contributed by atoms with van der Waals surface area (Å²) in [4.78, 5) is 24.9. The molecule has 8 heteroatoms. The Morgan fingerprint density at radius 1 is 1.08 bits per heavy atom. The van der Waals surface area contributed by atoms with E-state index in [2.05, 4.69) is 0 Å². The fourth-order valence-corrected chi connectivity index (χ4v) is 3.14. The number of likely N-dealkylation sites (tertiary alicyclic amines) is 1. The lowest BCUT2D eigenvalue weighted by atomic mass is 9.86. The van der Waals surface area contributed by atoms with Crippen LogP contribution in [0.25, 0.3) is 0 Å². The Bertz CT molecular complexity index is 594. The molecule has 1 aliphatic rings. The van der Waals surface area contributed by atoms with E-state index < -0.39 is 42.3 Å². The number of hydrogen-bond acceptors (Lipinski definition) is 7. The number of esters is 1. The van der Waals surface area contributed by atoms with Crippen molar-refractivity contribution in [3.63, 3.8) is 0 Å². The predicted molar refractivity (Wildman–Crippen MR) is 86.5 cm³/mol. The Hall–Kier alpha value is -2.00. The number of piperidine rings is 1. The van der Waals surface area contributed by atoms with Crippen molar-refractivity contribution in [1.29, 1.82) is 0 Å². The van der Waals surface area contributed by atoms with Gasteiger partial charge in [0.1, 0.15) is 18.2 Å². The van der Waals surface area contributed by atoms with Gasteiger partial charge in [-0.3, -0.25) is 14.5 Å². The van der Waals surface area contributed by atoms with Gasteiger partial charge in [-0.05, 0) is 12.5 Å². The molecule has 0 aromatic heterocycles. The average molecular weight is 353 g/mol. The minimum atomic E-state index is -1.69. The van der Waals surface area contributed by atoms with Gasteiger partial charge in [-0.25, -0.2) is 0 Å². The van der Waals surface area contributed by atoms with E-state index in [1.165, 1.54) is 4.90 Å². The van der Waals surface area contributed by atoms with E-state index >= 15 is 0 Å². The normalized spacial score (nSPS) is 30.0. The molecular formula is C17H23NO7. The Morgan fingerprint density at radius 2 is 1.72 bits per heavy atom. The maximum Gasteiger partial charge on any atom is 0.323 e. The summed E-state index contributed by atoms with van der Waals surface area (Å²) in [6.07, 6.45) is -5.14. The molecular weight excluding hydrogens is 330 g/mol. The molecule has 0 unspecified atom stereocenters. The van der Waals surface area contributed by atoms with E-state index in [1.807, 2.05) is 0 Å². The molecule has 0 saturated carbocycles. The first-order valence-electron chi connectivity index (χ1n) is 8.09. The number of rotatable bonds is 6. The van der Waals surface area contributed by atoms with Gasteiger partial charge in [-0.15, -0.1) is 0 Å². The summed E-state index contributed by atoms with van der Waals surface area (Å²) in [6.45, 7) is 1.87. The molecule has 1 heterocycles. The molecule has 25 heavy (non-hydrogen) atoms. The lowest BCUT2D eigenvalue weighted by Gasteiger charge is -2.47. The number of carboxylic acid groups (broad SMARTS) is 1. The van der Waals surface area contributed by atoms with E-state index in [1.54, 1.807) is 37.3 Å². The maximum absolute atomic E-state index is 11.9. The molecule has 8 nitrogen and oxygen atoms in total. The Balaban J connectivity index is 2.35. The first-order chi connectivity index (χ1) is 11.9. The molecule has 0 spiro atoms. The highest BCUT2D eigenvalue weighted by molar-refractivity contribution is 5.75. The van der Waals surface area contributed by atoms with Crippen molar-refractivity contribution in [2.24, 2.45) is 0 Å². The quantitative estimate of drug-likeness (QED) is 0.497. The fourth-order valence-electron chi connectivity index (χ4n) is 3.14. The van der Waals surface area contributed by atoms with Crippen LogP contribution in [0.4, 0.5) is 0 Å². The average Bonchev–Trinajstić information content (AvgIpc) is 2.57. The SMILES string of the molecule is CCOC(=O)C[C@H]1[C@H](O)[C@@H](O)[C@H](O)[C@H](C(=O)O)N1Cc1ccccc1. The number of carbonyl (C=O) groups is 2.